The zero-order valence-electron chi connectivity index (χ0n) is 19.5. The summed E-state index contributed by atoms with van der Waals surface area (Å²) in [4.78, 5) is 39.1. The smallest absolute Gasteiger partial charge is 0.254 e. The van der Waals surface area contributed by atoms with Gasteiger partial charge < -0.3 is 9.80 Å². The van der Waals surface area contributed by atoms with Crippen LogP contribution < -0.4 is 4.90 Å². The number of rotatable bonds is 5. The molecule has 3 aromatic heterocycles. The first-order valence-corrected chi connectivity index (χ1v) is 11.3. The standard InChI is InChI=1S/C26H24FN7O/c1-33(2)26-31-15-21(17-5-3-6-20(27)11-17)24(32-26)23-7-4-10-34(23)25(35)18-8-9-30-22(12-18)19-13-28-16-29-14-19/h3,5-6,8-9,11-16,23H,4,7,10H2,1-2H3/t23-/m0/s1. The van der Waals surface area contributed by atoms with Gasteiger partial charge in [0, 0.05) is 62.1 Å². The van der Waals surface area contributed by atoms with E-state index in [1.54, 1.807) is 43.0 Å². The average Bonchev–Trinajstić information content (AvgIpc) is 3.38. The summed E-state index contributed by atoms with van der Waals surface area (Å²) < 4.78 is 14.0. The van der Waals surface area contributed by atoms with Gasteiger partial charge in [0.2, 0.25) is 5.95 Å². The summed E-state index contributed by atoms with van der Waals surface area (Å²) >= 11 is 0. The third kappa shape index (κ3) is 4.57. The molecule has 0 unspecified atom stereocenters. The van der Waals surface area contributed by atoms with Crippen molar-refractivity contribution in [3.8, 4) is 22.4 Å². The summed E-state index contributed by atoms with van der Waals surface area (Å²) in [7, 11) is 3.73. The maximum absolute atomic E-state index is 14.0. The van der Waals surface area contributed by atoms with Gasteiger partial charge in [-0.25, -0.2) is 24.3 Å². The molecule has 1 aliphatic heterocycles. The number of carbonyl (C=O) groups is 1. The molecule has 1 aliphatic rings. The molecule has 0 radical (unpaired) electrons. The number of likely N-dealkylation sites (tertiary alicyclic amines) is 1. The van der Waals surface area contributed by atoms with Crippen LogP contribution in [-0.2, 0) is 0 Å². The highest BCUT2D eigenvalue weighted by Crippen LogP contribution is 2.38. The summed E-state index contributed by atoms with van der Waals surface area (Å²) in [6.07, 6.45) is 9.70. The van der Waals surface area contributed by atoms with E-state index in [0.717, 1.165) is 24.0 Å². The minimum absolute atomic E-state index is 0.108. The number of nitrogens with zero attached hydrogens (tertiary/aromatic N) is 7. The molecule has 35 heavy (non-hydrogen) atoms. The number of amides is 1. The topological polar surface area (TPSA) is 88.0 Å². The Morgan fingerprint density at radius 2 is 1.89 bits per heavy atom. The number of halogens is 1. The zero-order chi connectivity index (χ0) is 24.4. The lowest BCUT2D eigenvalue weighted by Crippen LogP contribution is -2.31. The second-order valence-electron chi connectivity index (χ2n) is 8.59. The Hall–Kier alpha value is -4.27. The van der Waals surface area contributed by atoms with Gasteiger partial charge in [0.1, 0.15) is 12.1 Å². The maximum Gasteiger partial charge on any atom is 0.254 e. The Labute approximate surface area is 202 Å². The van der Waals surface area contributed by atoms with Gasteiger partial charge in [0.15, 0.2) is 0 Å². The molecule has 9 heteroatoms. The lowest BCUT2D eigenvalue weighted by molar-refractivity contribution is 0.0733. The first-order chi connectivity index (χ1) is 17.0. The minimum Gasteiger partial charge on any atom is -0.347 e. The molecule has 8 nitrogen and oxygen atoms in total. The highest BCUT2D eigenvalue weighted by Gasteiger charge is 2.34. The van der Waals surface area contributed by atoms with Crippen LogP contribution in [0.3, 0.4) is 0 Å². The van der Waals surface area contributed by atoms with Crippen LogP contribution in [0, 0.1) is 5.82 Å². The van der Waals surface area contributed by atoms with Gasteiger partial charge in [-0.05, 0) is 42.7 Å². The quantitative estimate of drug-likeness (QED) is 0.433. The van der Waals surface area contributed by atoms with Crippen molar-refractivity contribution in [2.75, 3.05) is 25.5 Å². The molecule has 0 N–H and O–H groups in total. The third-order valence-electron chi connectivity index (χ3n) is 6.03. The molecule has 1 aromatic carbocycles. The fourth-order valence-electron chi connectivity index (χ4n) is 4.35. The monoisotopic (exact) mass is 469 g/mol. The number of anilines is 1. The molecule has 1 fully saturated rings. The molecule has 0 saturated carbocycles. The number of pyridine rings is 1. The highest BCUT2D eigenvalue weighted by molar-refractivity contribution is 5.95. The summed E-state index contributed by atoms with van der Waals surface area (Å²) in [5.41, 5.74) is 4.01. The third-order valence-corrected chi connectivity index (χ3v) is 6.03. The molecule has 1 amide bonds. The van der Waals surface area contributed by atoms with E-state index in [-0.39, 0.29) is 17.8 Å². The van der Waals surface area contributed by atoms with E-state index in [9.17, 15) is 9.18 Å². The van der Waals surface area contributed by atoms with Crippen molar-refractivity contribution in [3.05, 3.63) is 84.6 Å². The number of aromatic nitrogens is 5. The fourth-order valence-corrected chi connectivity index (χ4v) is 4.35. The van der Waals surface area contributed by atoms with Gasteiger partial charge in [-0.15, -0.1) is 0 Å². The normalized spacial score (nSPS) is 15.3. The van der Waals surface area contributed by atoms with Crippen LogP contribution in [0.4, 0.5) is 10.3 Å². The second-order valence-corrected chi connectivity index (χ2v) is 8.59. The van der Waals surface area contributed by atoms with Gasteiger partial charge in [-0.1, -0.05) is 12.1 Å². The molecule has 0 spiro atoms. The van der Waals surface area contributed by atoms with E-state index in [1.807, 2.05) is 30.0 Å². The van der Waals surface area contributed by atoms with Gasteiger partial charge >= 0.3 is 0 Å². The van der Waals surface area contributed by atoms with Gasteiger partial charge in [-0.3, -0.25) is 9.78 Å². The molecule has 4 aromatic rings. The molecule has 1 saturated heterocycles. The van der Waals surface area contributed by atoms with E-state index < -0.39 is 0 Å². The number of carbonyl (C=O) groups excluding carboxylic acids is 1. The molecular formula is C26H24FN7O. The largest absolute Gasteiger partial charge is 0.347 e. The summed E-state index contributed by atoms with van der Waals surface area (Å²) in [6, 6.07) is 9.58. The molecular weight excluding hydrogens is 445 g/mol. The van der Waals surface area contributed by atoms with Gasteiger partial charge in [-0.2, -0.15) is 0 Å². The molecule has 176 valence electrons. The molecule has 0 bridgehead atoms. The lowest BCUT2D eigenvalue weighted by atomic mass is 9.99. The molecule has 1 atom stereocenters. The van der Waals surface area contributed by atoms with Crippen LogP contribution in [0.2, 0.25) is 0 Å². The molecule has 0 aliphatic carbocycles. The Balaban J connectivity index is 1.53. The van der Waals surface area contributed by atoms with Gasteiger partial charge in [0.25, 0.3) is 5.91 Å². The second kappa shape index (κ2) is 9.54. The van der Waals surface area contributed by atoms with E-state index in [2.05, 4.69) is 19.9 Å². The van der Waals surface area contributed by atoms with Crippen molar-refractivity contribution in [1.29, 1.82) is 0 Å². The van der Waals surface area contributed by atoms with E-state index in [0.29, 0.717) is 35.0 Å². The van der Waals surface area contributed by atoms with Crippen molar-refractivity contribution in [1.82, 2.24) is 29.8 Å². The molecule has 4 heterocycles. The van der Waals surface area contributed by atoms with Crippen LogP contribution in [0.15, 0.2) is 67.5 Å². The first-order valence-electron chi connectivity index (χ1n) is 11.3. The van der Waals surface area contributed by atoms with Crippen molar-refractivity contribution in [3.63, 3.8) is 0 Å². The van der Waals surface area contributed by atoms with Crippen LogP contribution in [0.1, 0.15) is 34.9 Å². The van der Waals surface area contributed by atoms with Crippen LogP contribution in [-0.4, -0.2) is 56.4 Å². The molecule has 5 rings (SSSR count). The summed E-state index contributed by atoms with van der Waals surface area (Å²) in [6.45, 7) is 0.597. The Morgan fingerprint density at radius 3 is 2.66 bits per heavy atom. The van der Waals surface area contributed by atoms with Crippen LogP contribution >= 0.6 is 0 Å². The number of hydrogen-bond acceptors (Lipinski definition) is 7. The van der Waals surface area contributed by atoms with Crippen molar-refractivity contribution >= 4 is 11.9 Å². The fraction of sp³-hybridized carbons (Fsp3) is 0.231. The Morgan fingerprint density at radius 1 is 1.06 bits per heavy atom. The van der Waals surface area contributed by atoms with Crippen LogP contribution in [0.5, 0.6) is 0 Å². The summed E-state index contributed by atoms with van der Waals surface area (Å²) in [5, 5.41) is 0. The van der Waals surface area contributed by atoms with Crippen molar-refractivity contribution in [2.24, 2.45) is 0 Å². The predicted molar refractivity (Wildman–Crippen MR) is 130 cm³/mol. The van der Waals surface area contributed by atoms with Gasteiger partial charge in [0.05, 0.1) is 17.4 Å². The van der Waals surface area contributed by atoms with E-state index >= 15 is 0 Å². The van der Waals surface area contributed by atoms with Crippen molar-refractivity contribution in [2.45, 2.75) is 18.9 Å². The van der Waals surface area contributed by atoms with Crippen LogP contribution in [0.25, 0.3) is 22.4 Å². The minimum atomic E-state index is -0.335. The van der Waals surface area contributed by atoms with E-state index in [4.69, 9.17) is 4.98 Å². The predicted octanol–water partition coefficient (Wildman–Crippen LogP) is 4.18. The number of hydrogen-bond donors (Lipinski definition) is 0. The average molecular weight is 470 g/mol. The SMILES string of the molecule is CN(C)c1ncc(-c2cccc(F)c2)c([C@@H]2CCCN2C(=O)c2ccnc(-c3cncnc3)c2)n1. The Bertz CT molecular complexity index is 1360. The highest BCUT2D eigenvalue weighted by atomic mass is 19.1. The lowest BCUT2D eigenvalue weighted by Gasteiger charge is -2.27. The maximum atomic E-state index is 14.0. The van der Waals surface area contributed by atoms with Crippen molar-refractivity contribution < 1.29 is 9.18 Å². The summed E-state index contributed by atoms with van der Waals surface area (Å²) in [5.74, 6) is 0.0941. The van der Waals surface area contributed by atoms with E-state index in [1.165, 1.54) is 18.5 Å². The number of benzene rings is 1. The zero-order valence-corrected chi connectivity index (χ0v) is 19.5. The Kier molecular flexibility index (Phi) is 6.13. The first kappa shape index (κ1) is 22.5.